The van der Waals surface area contributed by atoms with Crippen molar-refractivity contribution in [3.8, 4) is 5.69 Å². The van der Waals surface area contributed by atoms with Crippen LogP contribution in [0.15, 0.2) is 66.9 Å². The van der Waals surface area contributed by atoms with Crippen molar-refractivity contribution in [3.05, 3.63) is 78.1 Å². The van der Waals surface area contributed by atoms with Gasteiger partial charge in [-0.1, -0.05) is 53.7 Å². The maximum atomic E-state index is 11.9. The summed E-state index contributed by atoms with van der Waals surface area (Å²) in [7, 11) is 0. The van der Waals surface area contributed by atoms with E-state index in [0.29, 0.717) is 13.0 Å². The number of benzene rings is 2. The van der Waals surface area contributed by atoms with E-state index in [1.807, 2.05) is 60.7 Å². The zero-order valence-electron chi connectivity index (χ0n) is 11.9. The Balaban J connectivity index is 1.58. The lowest BCUT2D eigenvalue weighted by molar-refractivity contribution is 0.0502. The van der Waals surface area contributed by atoms with Crippen LogP contribution in [0.3, 0.4) is 0 Å². The molecule has 110 valence electrons. The minimum Gasteiger partial charge on any atom is -0.461 e. The molecule has 3 aromatic rings. The first-order valence-corrected chi connectivity index (χ1v) is 7.02. The van der Waals surface area contributed by atoms with E-state index >= 15 is 0 Å². The van der Waals surface area contributed by atoms with E-state index in [1.165, 1.54) is 0 Å². The van der Waals surface area contributed by atoms with Crippen molar-refractivity contribution < 1.29 is 9.53 Å². The molecular formula is C17H15N3O2. The molecule has 5 heteroatoms. The van der Waals surface area contributed by atoms with Crippen molar-refractivity contribution in [3.63, 3.8) is 0 Å². The highest BCUT2D eigenvalue weighted by Gasteiger charge is 2.12. The quantitative estimate of drug-likeness (QED) is 0.679. The predicted octanol–water partition coefficient (Wildman–Crippen LogP) is 2.67. The number of nitrogens with zero attached hydrogens (tertiary/aromatic N) is 3. The molecule has 1 aromatic heterocycles. The molecule has 0 spiro atoms. The summed E-state index contributed by atoms with van der Waals surface area (Å²) >= 11 is 0. The number of esters is 1. The van der Waals surface area contributed by atoms with Gasteiger partial charge in [0.05, 0.1) is 18.5 Å². The number of hydrogen-bond acceptors (Lipinski definition) is 4. The van der Waals surface area contributed by atoms with Gasteiger partial charge in [-0.15, -0.1) is 5.10 Å². The fraction of sp³-hybridized carbons (Fsp3) is 0.118. The molecular weight excluding hydrogens is 278 g/mol. The van der Waals surface area contributed by atoms with Gasteiger partial charge < -0.3 is 4.74 Å². The van der Waals surface area contributed by atoms with Gasteiger partial charge in [0.1, 0.15) is 0 Å². The molecule has 1 heterocycles. The van der Waals surface area contributed by atoms with Crippen molar-refractivity contribution in [2.75, 3.05) is 6.61 Å². The fourth-order valence-corrected chi connectivity index (χ4v) is 2.04. The second-order valence-electron chi connectivity index (χ2n) is 4.76. The number of ether oxygens (including phenoxy) is 1. The number of carbonyl (C=O) groups is 1. The molecule has 3 rings (SSSR count). The topological polar surface area (TPSA) is 57.0 Å². The minimum absolute atomic E-state index is 0.205. The lowest BCUT2D eigenvalue weighted by atomic mass is 10.2. The Morgan fingerprint density at radius 3 is 2.41 bits per heavy atom. The number of hydrogen-bond donors (Lipinski definition) is 0. The Labute approximate surface area is 128 Å². The molecule has 5 nitrogen and oxygen atoms in total. The summed E-state index contributed by atoms with van der Waals surface area (Å²) in [6.07, 6.45) is 2.25. The van der Waals surface area contributed by atoms with E-state index in [0.717, 1.165) is 11.3 Å². The second-order valence-corrected chi connectivity index (χ2v) is 4.76. The Morgan fingerprint density at radius 2 is 1.68 bits per heavy atom. The van der Waals surface area contributed by atoms with Gasteiger partial charge in [-0.3, -0.25) is 0 Å². The summed E-state index contributed by atoms with van der Waals surface area (Å²) < 4.78 is 6.78. The highest BCUT2D eigenvalue weighted by Crippen LogP contribution is 2.07. The zero-order valence-corrected chi connectivity index (χ0v) is 11.9. The van der Waals surface area contributed by atoms with E-state index in [4.69, 9.17) is 4.74 Å². The Hall–Kier alpha value is -2.95. The number of rotatable bonds is 5. The maximum Gasteiger partial charge on any atom is 0.360 e. The van der Waals surface area contributed by atoms with Gasteiger partial charge in [-0.2, -0.15) is 0 Å². The van der Waals surface area contributed by atoms with Crippen LogP contribution in [0.25, 0.3) is 5.69 Å². The molecule has 22 heavy (non-hydrogen) atoms. The van der Waals surface area contributed by atoms with Crippen molar-refractivity contribution in [1.29, 1.82) is 0 Å². The summed E-state index contributed by atoms with van der Waals surface area (Å²) in [6.45, 7) is 0.320. The average molecular weight is 293 g/mol. The van der Waals surface area contributed by atoms with Crippen LogP contribution in [0.2, 0.25) is 0 Å². The zero-order chi connectivity index (χ0) is 15.2. The number of para-hydroxylation sites is 1. The van der Waals surface area contributed by atoms with Crippen LogP contribution in [-0.2, 0) is 11.2 Å². The summed E-state index contributed by atoms with van der Waals surface area (Å²) in [5, 5.41) is 7.80. The molecule has 0 fully saturated rings. The Kier molecular flexibility index (Phi) is 4.25. The van der Waals surface area contributed by atoms with Crippen molar-refractivity contribution in [1.82, 2.24) is 15.0 Å². The number of aromatic nitrogens is 3. The van der Waals surface area contributed by atoms with Gasteiger partial charge in [-0.25, -0.2) is 9.48 Å². The summed E-state index contributed by atoms with van der Waals surface area (Å²) in [5.41, 5.74) is 2.18. The Morgan fingerprint density at radius 1 is 1.00 bits per heavy atom. The fourth-order valence-electron chi connectivity index (χ4n) is 2.04. The average Bonchev–Trinajstić information content (AvgIpc) is 3.07. The van der Waals surface area contributed by atoms with Crippen LogP contribution in [-0.4, -0.2) is 27.6 Å². The van der Waals surface area contributed by atoms with Crippen LogP contribution in [0.1, 0.15) is 16.1 Å². The first-order valence-electron chi connectivity index (χ1n) is 7.02. The first-order chi connectivity index (χ1) is 10.8. The molecule has 0 atom stereocenters. The lowest BCUT2D eigenvalue weighted by Crippen LogP contribution is -2.08. The van der Waals surface area contributed by atoms with Gasteiger partial charge in [0.2, 0.25) is 0 Å². The van der Waals surface area contributed by atoms with Crippen LogP contribution in [0.4, 0.5) is 0 Å². The second kappa shape index (κ2) is 6.67. The van der Waals surface area contributed by atoms with E-state index < -0.39 is 5.97 Å². The lowest BCUT2D eigenvalue weighted by Gasteiger charge is -2.02. The minimum atomic E-state index is -0.460. The van der Waals surface area contributed by atoms with E-state index in [-0.39, 0.29) is 5.69 Å². The summed E-state index contributed by atoms with van der Waals surface area (Å²) in [4.78, 5) is 11.9. The molecule has 0 saturated carbocycles. The molecule has 0 N–H and O–H groups in total. The summed E-state index contributed by atoms with van der Waals surface area (Å²) in [5.74, 6) is -0.460. The highest BCUT2D eigenvalue weighted by molar-refractivity contribution is 5.86. The van der Waals surface area contributed by atoms with Crippen LogP contribution < -0.4 is 0 Å². The maximum absolute atomic E-state index is 11.9. The first kappa shape index (κ1) is 14.0. The molecule has 0 saturated heterocycles. The third kappa shape index (κ3) is 3.38. The SMILES string of the molecule is O=C(OCCc1ccccc1)c1cn(-c2ccccc2)nn1. The van der Waals surface area contributed by atoms with Crippen molar-refractivity contribution in [2.24, 2.45) is 0 Å². The predicted molar refractivity (Wildman–Crippen MR) is 81.8 cm³/mol. The summed E-state index contributed by atoms with van der Waals surface area (Å²) in [6, 6.07) is 19.4. The largest absolute Gasteiger partial charge is 0.461 e. The van der Waals surface area contributed by atoms with Gasteiger partial charge in [-0.05, 0) is 17.7 Å². The van der Waals surface area contributed by atoms with Crippen LogP contribution in [0, 0.1) is 0 Å². The third-order valence-corrected chi connectivity index (χ3v) is 3.19. The van der Waals surface area contributed by atoms with E-state index in [2.05, 4.69) is 10.3 Å². The van der Waals surface area contributed by atoms with Crippen LogP contribution in [0.5, 0.6) is 0 Å². The third-order valence-electron chi connectivity index (χ3n) is 3.19. The van der Waals surface area contributed by atoms with E-state index in [9.17, 15) is 4.79 Å². The molecule has 2 aromatic carbocycles. The van der Waals surface area contributed by atoms with Crippen molar-refractivity contribution in [2.45, 2.75) is 6.42 Å². The van der Waals surface area contributed by atoms with Gasteiger partial charge in [0, 0.05) is 6.42 Å². The van der Waals surface area contributed by atoms with Gasteiger partial charge in [0.15, 0.2) is 5.69 Å². The molecule has 0 aliphatic heterocycles. The molecule has 0 unspecified atom stereocenters. The standard InChI is InChI=1S/C17H15N3O2/c21-17(22-12-11-14-7-3-1-4-8-14)16-13-20(19-18-16)15-9-5-2-6-10-15/h1-10,13H,11-12H2. The van der Waals surface area contributed by atoms with Gasteiger partial charge in [0.25, 0.3) is 0 Å². The smallest absolute Gasteiger partial charge is 0.360 e. The van der Waals surface area contributed by atoms with Gasteiger partial charge >= 0.3 is 5.97 Å². The van der Waals surface area contributed by atoms with E-state index in [1.54, 1.807) is 10.9 Å². The monoisotopic (exact) mass is 293 g/mol. The molecule has 0 radical (unpaired) electrons. The van der Waals surface area contributed by atoms with Crippen LogP contribution >= 0.6 is 0 Å². The Bertz CT molecular complexity index is 739. The highest BCUT2D eigenvalue weighted by atomic mass is 16.5. The molecule has 0 bridgehead atoms. The van der Waals surface area contributed by atoms with Crippen molar-refractivity contribution >= 4 is 5.97 Å². The normalized spacial score (nSPS) is 10.4. The molecule has 0 aliphatic carbocycles. The molecule has 0 amide bonds. The molecule has 0 aliphatic rings. The number of carbonyl (C=O) groups excluding carboxylic acids is 1.